The molecule has 120 valence electrons. The van der Waals surface area contributed by atoms with Gasteiger partial charge in [-0.1, -0.05) is 31.8 Å². The number of hydrogen-bond donors (Lipinski definition) is 2. The Hall–Kier alpha value is -1.59. The molecule has 0 radical (unpaired) electrons. The van der Waals surface area contributed by atoms with Crippen molar-refractivity contribution in [2.75, 3.05) is 20.1 Å². The minimum Gasteiger partial charge on any atom is -0.356 e. The van der Waals surface area contributed by atoms with Crippen molar-refractivity contribution in [1.29, 1.82) is 0 Å². The highest BCUT2D eigenvalue weighted by Crippen LogP contribution is 2.05. The number of hydrogen-bond acceptors (Lipinski definition) is 4. The molecule has 1 heterocycles. The molecule has 0 fully saturated rings. The molecule has 0 atom stereocenters. The van der Waals surface area contributed by atoms with Gasteiger partial charge in [0.25, 0.3) is 0 Å². The second-order valence-electron chi connectivity index (χ2n) is 5.65. The molecule has 0 saturated heterocycles. The third-order valence-corrected chi connectivity index (χ3v) is 3.15. The van der Waals surface area contributed by atoms with Crippen molar-refractivity contribution in [3.63, 3.8) is 0 Å². The summed E-state index contributed by atoms with van der Waals surface area (Å²) in [5, 5.41) is 10.4. The van der Waals surface area contributed by atoms with E-state index in [0.717, 1.165) is 37.8 Å². The fourth-order valence-corrected chi connectivity index (χ4v) is 1.99. The van der Waals surface area contributed by atoms with Gasteiger partial charge in [-0.3, -0.25) is 4.99 Å². The second kappa shape index (κ2) is 10.2. The average molecular weight is 295 g/mol. The summed E-state index contributed by atoms with van der Waals surface area (Å²) in [5.74, 6) is 3.04. The summed E-state index contributed by atoms with van der Waals surface area (Å²) in [7, 11) is 1.80. The lowest BCUT2D eigenvalue weighted by molar-refractivity contribution is 0.372. The third-order valence-electron chi connectivity index (χ3n) is 3.15. The molecule has 6 nitrogen and oxygen atoms in total. The quantitative estimate of drug-likeness (QED) is 0.415. The first-order chi connectivity index (χ1) is 10.1. The molecule has 21 heavy (non-hydrogen) atoms. The number of nitrogens with zero attached hydrogens (tertiary/aromatic N) is 3. The van der Waals surface area contributed by atoms with Crippen molar-refractivity contribution in [1.82, 2.24) is 20.8 Å². The Morgan fingerprint density at radius 1 is 1.19 bits per heavy atom. The standard InChI is InChI=1S/C15H29N5O/c1-12(2)8-5-6-10-17-15(16-4)18-11-7-9-14-19-13(3)20-21-14/h12H,5-11H2,1-4H3,(H2,16,17,18). The van der Waals surface area contributed by atoms with Crippen molar-refractivity contribution < 1.29 is 4.52 Å². The van der Waals surface area contributed by atoms with Crippen LogP contribution in [0.25, 0.3) is 0 Å². The molecule has 0 saturated carbocycles. The van der Waals surface area contributed by atoms with Gasteiger partial charge in [-0.25, -0.2) is 0 Å². The van der Waals surface area contributed by atoms with E-state index in [0.29, 0.717) is 11.7 Å². The summed E-state index contributed by atoms with van der Waals surface area (Å²) in [6, 6.07) is 0. The minimum absolute atomic E-state index is 0.692. The van der Waals surface area contributed by atoms with E-state index < -0.39 is 0 Å². The van der Waals surface area contributed by atoms with E-state index in [-0.39, 0.29) is 0 Å². The maximum absolute atomic E-state index is 5.07. The summed E-state index contributed by atoms with van der Waals surface area (Å²) < 4.78 is 5.07. The van der Waals surface area contributed by atoms with Gasteiger partial charge in [0.1, 0.15) is 0 Å². The Morgan fingerprint density at radius 3 is 2.48 bits per heavy atom. The zero-order chi connectivity index (χ0) is 15.5. The Kier molecular flexibility index (Phi) is 8.47. The molecule has 0 aromatic carbocycles. The fraction of sp³-hybridized carbons (Fsp3) is 0.800. The minimum atomic E-state index is 0.692. The predicted molar refractivity (Wildman–Crippen MR) is 85.4 cm³/mol. The average Bonchev–Trinajstić information content (AvgIpc) is 2.86. The van der Waals surface area contributed by atoms with Crippen LogP contribution in [0.2, 0.25) is 0 Å². The van der Waals surface area contributed by atoms with Crippen LogP contribution in [0.3, 0.4) is 0 Å². The molecule has 2 N–H and O–H groups in total. The van der Waals surface area contributed by atoms with Crippen LogP contribution in [0.15, 0.2) is 9.52 Å². The normalized spacial score (nSPS) is 12.0. The van der Waals surface area contributed by atoms with Crippen molar-refractivity contribution in [3.05, 3.63) is 11.7 Å². The topological polar surface area (TPSA) is 75.3 Å². The van der Waals surface area contributed by atoms with Crippen molar-refractivity contribution >= 4 is 5.96 Å². The molecule has 0 amide bonds. The monoisotopic (exact) mass is 295 g/mol. The molecular formula is C15H29N5O. The molecule has 0 aliphatic rings. The lowest BCUT2D eigenvalue weighted by Gasteiger charge is -2.11. The summed E-state index contributed by atoms with van der Waals surface area (Å²) in [6.45, 7) is 8.16. The van der Waals surface area contributed by atoms with Crippen LogP contribution in [0.1, 0.15) is 51.2 Å². The SMILES string of the molecule is CN=C(NCCCCC(C)C)NCCCc1nc(C)no1. The highest BCUT2D eigenvalue weighted by Gasteiger charge is 2.02. The first-order valence-corrected chi connectivity index (χ1v) is 7.85. The molecule has 1 aromatic rings. The second-order valence-corrected chi connectivity index (χ2v) is 5.65. The van der Waals surface area contributed by atoms with Crippen LogP contribution >= 0.6 is 0 Å². The van der Waals surface area contributed by atoms with Crippen LogP contribution in [0.4, 0.5) is 0 Å². The predicted octanol–water partition coefficient (Wildman–Crippen LogP) is 2.30. The van der Waals surface area contributed by atoms with Crippen LogP contribution in [-0.4, -0.2) is 36.2 Å². The van der Waals surface area contributed by atoms with E-state index in [1.54, 1.807) is 7.05 Å². The highest BCUT2D eigenvalue weighted by atomic mass is 16.5. The summed E-state index contributed by atoms with van der Waals surface area (Å²) >= 11 is 0. The molecule has 0 aliphatic heterocycles. The van der Waals surface area contributed by atoms with Crippen molar-refractivity contribution in [2.45, 2.75) is 52.9 Å². The first-order valence-electron chi connectivity index (χ1n) is 7.85. The van der Waals surface area contributed by atoms with E-state index in [2.05, 4.69) is 39.6 Å². The Labute approximate surface area is 127 Å². The van der Waals surface area contributed by atoms with E-state index in [1.807, 2.05) is 6.92 Å². The van der Waals surface area contributed by atoms with Gasteiger partial charge in [-0.15, -0.1) is 0 Å². The number of rotatable bonds is 9. The van der Waals surface area contributed by atoms with E-state index in [4.69, 9.17) is 4.52 Å². The maximum Gasteiger partial charge on any atom is 0.226 e. The van der Waals surface area contributed by atoms with Gasteiger partial charge in [0.15, 0.2) is 11.8 Å². The molecule has 0 aliphatic carbocycles. The molecule has 6 heteroatoms. The highest BCUT2D eigenvalue weighted by molar-refractivity contribution is 5.79. The zero-order valence-electron chi connectivity index (χ0n) is 13.8. The van der Waals surface area contributed by atoms with E-state index in [9.17, 15) is 0 Å². The number of nitrogens with one attached hydrogen (secondary N) is 2. The zero-order valence-corrected chi connectivity index (χ0v) is 13.8. The Balaban J connectivity index is 2.06. The largest absolute Gasteiger partial charge is 0.356 e. The third kappa shape index (κ3) is 8.32. The van der Waals surface area contributed by atoms with E-state index >= 15 is 0 Å². The van der Waals surface area contributed by atoms with Gasteiger partial charge in [-0.05, 0) is 25.7 Å². The van der Waals surface area contributed by atoms with Gasteiger partial charge in [-0.2, -0.15) is 4.98 Å². The van der Waals surface area contributed by atoms with Crippen molar-refractivity contribution in [3.8, 4) is 0 Å². The van der Waals surface area contributed by atoms with Crippen LogP contribution in [-0.2, 0) is 6.42 Å². The summed E-state index contributed by atoms with van der Waals surface area (Å²) in [6.07, 6.45) is 5.46. The number of aromatic nitrogens is 2. The van der Waals surface area contributed by atoms with Crippen LogP contribution in [0, 0.1) is 12.8 Å². The molecule has 1 aromatic heterocycles. The number of guanidine groups is 1. The van der Waals surface area contributed by atoms with Gasteiger partial charge in [0, 0.05) is 26.6 Å². The smallest absolute Gasteiger partial charge is 0.226 e. The number of unbranched alkanes of at least 4 members (excludes halogenated alkanes) is 1. The van der Waals surface area contributed by atoms with Gasteiger partial charge < -0.3 is 15.2 Å². The maximum atomic E-state index is 5.07. The van der Waals surface area contributed by atoms with Gasteiger partial charge in [0.2, 0.25) is 5.89 Å². The Bertz CT molecular complexity index is 414. The molecule has 0 bridgehead atoms. The molecule has 0 unspecified atom stereocenters. The molecule has 0 spiro atoms. The first kappa shape index (κ1) is 17.5. The number of aryl methyl sites for hydroxylation is 2. The fourth-order valence-electron chi connectivity index (χ4n) is 1.99. The number of aliphatic imine (C=N–C) groups is 1. The van der Waals surface area contributed by atoms with Gasteiger partial charge >= 0.3 is 0 Å². The summed E-state index contributed by atoms with van der Waals surface area (Å²) in [5.41, 5.74) is 0. The molecular weight excluding hydrogens is 266 g/mol. The van der Waals surface area contributed by atoms with Crippen LogP contribution in [0.5, 0.6) is 0 Å². The summed E-state index contributed by atoms with van der Waals surface area (Å²) in [4.78, 5) is 8.39. The lowest BCUT2D eigenvalue weighted by atomic mass is 10.1. The van der Waals surface area contributed by atoms with E-state index in [1.165, 1.54) is 19.3 Å². The van der Waals surface area contributed by atoms with Crippen LogP contribution < -0.4 is 10.6 Å². The van der Waals surface area contributed by atoms with Crippen molar-refractivity contribution in [2.24, 2.45) is 10.9 Å². The molecule has 1 rings (SSSR count). The Morgan fingerprint density at radius 2 is 1.90 bits per heavy atom. The van der Waals surface area contributed by atoms with Gasteiger partial charge in [0.05, 0.1) is 0 Å². The lowest BCUT2D eigenvalue weighted by Crippen LogP contribution is -2.38.